The minimum Gasteiger partial charge on any atom is -0.336 e. The summed E-state index contributed by atoms with van der Waals surface area (Å²) in [5.74, 6) is 0.324. The van der Waals surface area contributed by atoms with E-state index in [2.05, 4.69) is 10.4 Å². The third-order valence-electron chi connectivity index (χ3n) is 5.36. The summed E-state index contributed by atoms with van der Waals surface area (Å²) in [6, 6.07) is 4.70. The molecular formula is C19H22ClFN4O. The number of amides is 1. The van der Waals surface area contributed by atoms with Crippen molar-refractivity contribution in [3.8, 4) is 0 Å². The first-order valence-electron chi connectivity index (χ1n) is 8.99. The Morgan fingerprint density at radius 1 is 1.42 bits per heavy atom. The lowest BCUT2D eigenvalue weighted by Gasteiger charge is -2.32. The van der Waals surface area contributed by atoms with Gasteiger partial charge in [0.2, 0.25) is 5.91 Å². The fourth-order valence-corrected chi connectivity index (χ4v) is 3.86. The van der Waals surface area contributed by atoms with Crippen LogP contribution >= 0.6 is 11.6 Å². The predicted molar refractivity (Wildman–Crippen MR) is 97.6 cm³/mol. The first-order valence-corrected chi connectivity index (χ1v) is 9.36. The van der Waals surface area contributed by atoms with Gasteiger partial charge in [0, 0.05) is 23.6 Å². The van der Waals surface area contributed by atoms with E-state index in [0.29, 0.717) is 36.0 Å². The van der Waals surface area contributed by atoms with E-state index in [0.717, 1.165) is 37.4 Å². The topological polar surface area (TPSA) is 50.2 Å². The predicted octanol–water partition coefficient (Wildman–Crippen LogP) is 2.53. The molecule has 5 nitrogen and oxygen atoms in total. The van der Waals surface area contributed by atoms with Gasteiger partial charge in [-0.1, -0.05) is 17.7 Å². The van der Waals surface area contributed by atoms with Gasteiger partial charge in [0.1, 0.15) is 5.82 Å². The molecule has 26 heavy (non-hydrogen) atoms. The van der Waals surface area contributed by atoms with Crippen LogP contribution < -0.4 is 5.32 Å². The molecule has 0 unspecified atom stereocenters. The number of hydrogen-bond donors (Lipinski definition) is 1. The summed E-state index contributed by atoms with van der Waals surface area (Å²) in [6.07, 6.45) is 1.40. The molecule has 2 aromatic rings. The summed E-state index contributed by atoms with van der Waals surface area (Å²) in [5.41, 5.74) is 3.71. The minimum absolute atomic E-state index is 0.199. The van der Waals surface area contributed by atoms with E-state index >= 15 is 0 Å². The van der Waals surface area contributed by atoms with Crippen LogP contribution in [-0.4, -0.2) is 40.2 Å². The lowest BCUT2D eigenvalue weighted by Crippen LogP contribution is -2.46. The monoisotopic (exact) mass is 376 g/mol. The lowest BCUT2D eigenvalue weighted by molar-refractivity contribution is -0.133. The number of halogens is 2. The Kier molecular flexibility index (Phi) is 4.71. The van der Waals surface area contributed by atoms with Crippen molar-refractivity contribution in [3.05, 3.63) is 51.6 Å². The quantitative estimate of drug-likeness (QED) is 0.892. The largest absolute Gasteiger partial charge is 0.336 e. The number of nitrogens with one attached hydrogen (secondary N) is 1. The Labute approximate surface area is 157 Å². The summed E-state index contributed by atoms with van der Waals surface area (Å²) in [5, 5.41) is 8.19. The zero-order valence-electron chi connectivity index (χ0n) is 14.8. The van der Waals surface area contributed by atoms with E-state index in [1.54, 1.807) is 12.1 Å². The highest BCUT2D eigenvalue weighted by Gasteiger charge is 2.29. The SMILES string of the molecule is Cc1nn(Cc2ccc(Cl)cc2F)c2c1CCN(C(=O)CC1CNC1)C2. The van der Waals surface area contributed by atoms with Crippen LogP contribution in [0.15, 0.2) is 18.2 Å². The van der Waals surface area contributed by atoms with Crippen molar-refractivity contribution < 1.29 is 9.18 Å². The van der Waals surface area contributed by atoms with E-state index in [1.807, 2.05) is 16.5 Å². The Morgan fingerprint density at radius 2 is 2.23 bits per heavy atom. The highest BCUT2D eigenvalue weighted by molar-refractivity contribution is 6.30. The van der Waals surface area contributed by atoms with Gasteiger partial charge in [-0.15, -0.1) is 0 Å². The van der Waals surface area contributed by atoms with Gasteiger partial charge in [-0.2, -0.15) is 5.10 Å². The minimum atomic E-state index is -0.333. The van der Waals surface area contributed by atoms with Crippen molar-refractivity contribution in [3.63, 3.8) is 0 Å². The normalized spacial score (nSPS) is 17.1. The highest BCUT2D eigenvalue weighted by atomic mass is 35.5. The second kappa shape index (κ2) is 7.00. The Balaban J connectivity index is 1.54. The summed E-state index contributed by atoms with van der Waals surface area (Å²) in [7, 11) is 0. The molecular weight excluding hydrogens is 355 g/mol. The van der Waals surface area contributed by atoms with Crippen LogP contribution in [0.4, 0.5) is 4.39 Å². The summed E-state index contributed by atoms with van der Waals surface area (Å²) >= 11 is 5.84. The number of carbonyl (C=O) groups is 1. The van der Waals surface area contributed by atoms with Crippen molar-refractivity contribution in [2.75, 3.05) is 19.6 Å². The molecule has 2 aliphatic heterocycles. The Bertz CT molecular complexity index is 846. The number of hydrogen-bond acceptors (Lipinski definition) is 3. The Hall–Kier alpha value is -1.92. The molecule has 1 fully saturated rings. The van der Waals surface area contributed by atoms with Crippen LogP contribution in [0, 0.1) is 18.7 Å². The number of aromatic nitrogens is 2. The van der Waals surface area contributed by atoms with Crippen molar-refractivity contribution >= 4 is 17.5 Å². The van der Waals surface area contributed by atoms with Crippen molar-refractivity contribution in [2.45, 2.75) is 32.9 Å². The summed E-state index contributed by atoms with van der Waals surface area (Å²) in [6.45, 7) is 5.45. The van der Waals surface area contributed by atoms with E-state index < -0.39 is 0 Å². The van der Waals surface area contributed by atoms with Crippen LogP contribution in [0.1, 0.15) is 28.9 Å². The molecule has 1 amide bonds. The standard InChI is InChI=1S/C19H22ClFN4O/c1-12-16-4-5-24(19(26)6-13-8-22-9-13)11-18(16)25(23-12)10-14-2-3-15(20)7-17(14)21/h2-3,7,13,22H,4-6,8-11H2,1H3. The van der Waals surface area contributed by atoms with Gasteiger partial charge in [-0.05, 0) is 50.0 Å². The fraction of sp³-hybridized carbons (Fsp3) is 0.474. The zero-order chi connectivity index (χ0) is 18.3. The maximum atomic E-state index is 14.2. The Morgan fingerprint density at radius 3 is 2.92 bits per heavy atom. The molecule has 1 N–H and O–H groups in total. The number of benzene rings is 1. The number of aryl methyl sites for hydroxylation is 1. The molecule has 2 aliphatic rings. The molecule has 0 spiro atoms. The molecule has 0 bridgehead atoms. The highest BCUT2D eigenvalue weighted by Crippen LogP contribution is 2.25. The molecule has 3 heterocycles. The van der Waals surface area contributed by atoms with Crippen LogP contribution in [0.3, 0.4) is 0 Å². The van der Waals surface area contributed by atoms with Crippen LogP contribution in [0.25, 0.3) is 0 Å². The van der Waals surface area contributed by atoms with Crippen LogP contribution in [0.2, 0.25) is 5.02 Å². The molecule has 1 saturated heterocycles. The maximum absolute atomic E-state index is 14.2. The van der Waals surface area contributed by atoms with Crippen LogP contribution in [0.5, 0.6) is 0 Å². The second-order valence-electron chi connectivity index (χ2n) is 7.20. The first kappa shape index (κ1) is 17.5. The number of rotatable bonds is 4. The van der Waals surface area contributed by atoms with Gasteiger partial charge >= 0.3 is 0 Å². The third kappa shape index (κ3) is 3.35. The number of fused-ring (bicyclic) bond motifs is 1. The van der Waals surface area contributed by atoms with Gasteiger partial charge in [0.25, 0.3) is 0 Å². The first-order chi connectivity index (χ1) is 12.5. The molecule has 0 radical (unpaired) electrons. The molecule has 1 aromatic carbocycles. The molecule has 0 atom stereocenters. The third-order valence-corrected chi connectivity index (χ3v) is 5.59. The summed E-state index contributed by atoms with van der Waals surface area (Å²) in [4.78, 5) is 14.5. The van der Waals surface area contributed by atoms with Gasteiger partial charge in [0.15, 0.2) is 0 Å². The summed E-state index contributed by atoms with van der Waals surface area (Å²) < 4.78 is 16.0. The van der Waals surface area contributed by atoms with E-state index in [9.17, 15) is 9.18 Å². The van der Waals surface area contributed by atoms with E-state index in [1.165, 1.54) is 11.6 Å². The lowest BCUT2D eigenvalue weighted by atomic mass is 9.97. The van der Waals surface area contributed by atoms with Gasteiger partial charge < -0.3 is 10.2 Å². The van der Waals surface area contributed by atoms with Gasteiger partial charge in [0.05, 0.1) is 24.5 Å². The van der Waals surface area contributed by atoms with Crippen molar-refractivity contribution in [1.82, 2.24) is 20.0 Å². The zero-order valence-corrected chi connectivity index (χ0v) is 15.5. The van der Waals surface area contributed by atoms with Crippen LogP contribution in [-0.2, 0) is 24.3 Å². The van der Waals surface area contributed by atoms with Gasteiger partial charge in [-0.25, -0.2) is 4.39 Å². The fourth-order valence-electron chi connectivity index (χ4n) is 3.70. The molecule has 1 aromatic heterocycles. The maximum Gasteiger partial charge on any atom is 0.223 e. The molecule has 0 aliphatic carbocycles. The molecule has 4 rings (SSSR count). The number of carbonyl (C=O) groups excluding carboxylic acids is 1. The van der Waals surface area contributed by atoms with E-state index in [4.69, 9.17) is 11.6 Å². The molecule has 0 saturated carbocycles. The van der Waals surface area contributed by atoms with Gasteiger partial charge in [-0.3, -0.25) is 9.48 Å². The van der Waals surface area contributed by atoms with E-state index in [-0.39, 0.29) is 11.7 Å². The second-order valence-corrected chi connectivity index (χ2v) is 7.63. The average molecular weight is 377 g/mol. The van der Waals surface area contributed by atoms with Crippen molar-refractivity contribution in [1.29, 1.82) is 0 Å². The smallest absolute Gasteiger partial charge is 0.223 e. The van der Waals surface area contributed by atoms with Crippen molar-refractivity contribution in [2.24, 2.45) is 5.92 Å². The average Bonchev–Trinajstić information content (AvgIpc) is 2.89. The number of nitrogens with zero attached hydrogens (tertiary/aromatic N) is 3. The molecule has 138 valence electrons. The molecule has 7 heteroatoms.